The largest absolute Gasteiger partial charge is 0.335 e. The summed E-state index contributed by atoms with van der Waals surface area (Å²) in [5, 5.41) is 0. The molecule has 0 bridgehead atoms. The van der Waals surface area contributed by atoms with Crippen molar-refractivity contribution in [2.45, 2.75) is 0 Å². The Bertz CT molecular complexity index is 1080. The van der Waals surface area contributed by atoms with E-state index in [2.05, 4.69) is 20.9 Å². The Morgan fingerprint density at radius 1 is 0.862 bits per heavy atom. The highest BCUT2D eigenvalue weighted by molar-refractivity contribution is 9.10. The number of rotatable bonds is 3. The van der Waals surface area contributed by atoms with Gasteiger partial charge in [-0.3, -0.25) is 14.4 Å². The number of piperazine rings is 1. The fourth-order valence-corrected chi connectivity index (χ4v) is 4.46. The maximum atomic E-state index is 12.9. The normalized spacial score (nSPS) is 14.1. The van der Waals surface area contributed by atoms with E-state index in [0.29, 0.717) is 36.6 Å². The Balaban J connectivity index is 1.39. The first-order valence-corrected chi connectivity index (χ1v) is 10.8. The van der Waals surface area contributed by atoms with Gasteiger partial charge in [-0.25, -0.2) is 0 Å². The van der Waals surface area contributed by atoms with E-state index in [1.807, 2.05) is 36.4 Å². The molecule has 2 amide bonds. The van der Waals surface area contributed by atoms with E-state index in [4.69, 9.17) is 0 Å². The number of carbonyl (C=O) groups is 2. The lowest BCUT2D eigenvalue weighted by Crippen LogP contribution is -2.50. The van der Waals surface area contributed by atoms with Gasteiger partial charge in [-0.05, 0) is 35.9 Å². The van der Waals surface area contributed by atoms with Crippen molar-refractivity contribution in [2.75, 3.05) is 26.2 Å². The molecule has 6 nitrogen and oxygen atoms in total. The van der Waals surface area contributed by atoms with E-state index in [9.17, 15) is 14.4 Å². The highest BCUT2D eigenvalue weighted by atomic mass is 79.9. The summed E-state index contributed by atoms with van der Waals surface area (Å²) in [7, 11) is 0. The smallest absolute Gasteiger partial charge is 0.264 e. The summed E-state index contributed by atoms with van der Waals surface area (Å²) in [4.78, 5) is 44.3. The predicted octanol–water partition coefficient (Wildman–Crippen LogP) is 3.46. The molecule has 4 rings (SSSR count). The molecule has 29 heavy (non-hydrogen) atoms. The van der Waals surface area contributed by atoms with Crippen molar-refractivity contribution < 1.29 is 9.59 Å². The van der Waals surface area contributed by atoms with Crippen LogP contribution in [0.25, 0.3) is 10.4 Å². The minimum atomic E-state index is -0.240. The van der Waals surface area contributed by atoms with Crippen LogP contribution in [0.4, 0.5) is 0 Å². The van der Waals surface area contributed by atoms with Gasteiger partial charge in [0.2, 0.25) is 5.56 Å². The number of halogens is 1. The van der Waals surface area contributed by atoms with Crippen LogP contribution in [-0.2, 0) is 0 Å². The van der Waals surface area contributed by atoms with Gasteiger partial charge in [0.25, 0.3) is 11.8 Å². The number of hydrogen-bond acceptors (Lipinski definition) is 4. The Morgan fingerprint density at radius 2 is 1.52 bits per heavy atom. The summed E-state index contributed by atoms with van der Waals surface area (Å²) in [6, 6.07) is 14.7. The molecule has 0 unspecified atom stereocenters. The molecule has 1 N–H and O–H groups in total. The van der Waals surface area contributed by atoms with Crippen molar-refractivity contribution in [3.8, 4) is 10.4 Å². The number of thiophene rings is 1. The monoisotopic (exact) mass is 471 g/mol. The van der Waals surface area contributed by atoms with Gasteiger partial charge in [0.15, 0.2) is 0 Å². The molecule has 0 saturated carbocycles. The fraction of sp³-hybridized carbons (Fsp3) is 0.190. The molecule has 1 aromatic carbocycles. The molecule has 0 spiro atoms. The van der Waals surface area contributed by atoms with Crippen LogP contribution in [-0.4, -0.2) is 52.8 Å². The first kappa shape index (κ1) is 19.6. The second-order valence-electron chi connectivity index (χ2n) is 6.70. The summed E-state index contributed by atoms with van der Waals surface area (Å²) in [5.41, 5.74) is 1.28. The average Bonchev–Trinajstić information content (AvgIpc) is 3.24. The first-order chi connectivity index (χ1) is 14.0. The summed E-state index contributed by atoms with van der Waals surface area (Å²) in [6.07, 6.45) is 1.43. The van der Waals surface area contributed by atoms with Crippen molar-refractivity contribution in [2.24, 2.45) is 0 Å². The highest BCUT2D eigenvalue weighted by Gasteiger charge is 2.26. The number of nitrogens with one attached hydrogen (secondary N) is 1. The number of amides is 2. The zero-order valence-corrected chi connectivity index (χ0v) is 17.8. The number of hydrogen-bond donors (Lipinski definition) is 1. The minimum Gasteiger partial charge on any atom is -0.335 e. The van der Waals surface area contributed by atoms with Gasteiger partial charge in [0.1, 0.15) is 0 Å². The van der Waals surface area contributed by atoms with Gasteiger partial charge in [0.05, 0.1) is 10.4 Å². The number of nitrogens with zero attached hydrogens (tertiary/aromatic N) is 2. The molecule has 0 aliphatic carbocycles. The zero-order valence-electron chi connectivity index (χ0n) is 15.4. The third kappa shape index (κ3) is 4.33. The van der Waals surface area contributed by atoms with Crippen LogP contribution in [0.15, 0.2) is 64.0 Å². The molecule has 1 saturated heterocycles. The van der Waals surface area contributed by atoms with E-state index >= 15 is 0 Å². The number of aromatic nitrogens is 1. The maximum Gasteiger partial charge on any atom is 0.264 e. The molecule has 0 atom stereocenters. The van der Waals surface area contributed by atoms with Crippen molar-refractivity contribution >= 4 is 39.1 Å². The Morgan fingerprint density at radius 3 is 2.14 bits per heavy atom. The van der Waals surface area contributed by atoms with E-state index in [1.165, 1.54) is 29.7 Å². The van der Waals surface area contributed by atoms with Crippen molar-refractivity contribution in [3.05, 3.63) is 80.0 Å². The van der Waals surface area contributed by atoms with Crippen molar-refractivity contribution in [1.82, 2.24) is 14.8 Å². The highest BCUT2D eigenvalue weighted by Crippen LogP contribution is 2.30. The molecule has 8 heteroatoms. The summed E-state index contributed by atoms with van der Waals surface area (Å²) < 4.78 is 1.02. The van der Waals surface area contributed by atoms with Crippen LogP contribution in [0.1, 0.15) is 20.0 Å². The third-order valence-electron chi connectivity index (χ3n) is 4.83. The third-order valence-corrected chi connectivity index (χ3v) is 6.48. The van der Waals surface area contributed by atoms with E-state index < -0.39 is 0 Å². The van der Waals surface area contributed by atoms with Gasteiger partial charge in [-0.1, -0.05) is 28.1 Å². The second-order valence-corrected chi connectivity index (χ2v) is 8.70. The lowest BCUT2D eigenvalue weighted by Gasteiger charge is -2.34. The number of pyridine rings is 1. The van der Waals surface area contributed by atoms with E-state index in [-0.39, 0.29) is 17.4 Å². The quantitative estimate of drug-likeness (QED) is 0.635. The molecule has 3 aromatic rings. The van der Waals surface area contributed by atoms with Crippen LogP contribution in [0.3, 0.4) is 0 Å². The number of H-pyrrole nitrogens is 1. The first-order valence-electron chi connectivity index (χ1n) is 9.14. The Labute approximate surface area is 179 Å². The summed E-state index contributed by atoms with van der Waals surface area (Å²) in [5.74, 6) is -0.142. The van der Waals surface area contributed by atoms with Crippen molar-refractivity contribution in [3.63, 3.8) is 0 Å². The molecule has 1 aliphatic rings. The van der Waals surface area contributed by atoms with Gasteiger partial charge in [-0.2, -0.15) is 0 Å². The lowest BCUT2D eigenvalue weighted by atomic mass is 10.2. The fourth-order valence-electron chi connectivity index (χ4n) is 3.22. The van der Waals surface area contributed by atoms with Crippen LogP contribution in [0, 0.1) is 0 Å². The molecule has 0 radical (unpaired) electrons. The van der Waals surface area contributed by atoms with E-state index in [1.54, 1.807) is 9.80 Å². The lowest BCUT2D eigenvalue weighted by molar-refractivity contribution is 0.0538. The van der Waals surface area contributed by atoms with Crippen molar-refractivity contribution in [1.29, 1.82) is 0 Å². The molecule has 148 valence electrons. The second kappa shape index (κ2) is 8.34. The van der Waals surface area contributed by atoms with Crippen LogP contribution >= 0.6 is 27.3 Å². The van der Waals surface area contributed by atoms with Crippen LogP contribution < -0.4 is 5.56 Å². The summed E-state index contributed by atoms with van der Waals surface area (Å²) in [6.45, 7) is 1.90. The standard InChI is InChI=1S/C21H18BrN3O3S/c22-16-4-1-14(2-5-16)17-6-7-18(29-17)21(28)25-11-9-24(10-12-25)20(27)15-3-8-19(26)23-13-15/h1-8,13H,9-12H2,(H,23,26). The topological polar surface area (TPSA) is 73.5 Å². The minimum absolute atomic E-state index is 0.00509. The maximum absolute atomic E-state index is 12.9. The molecular weight excluding hydrogens is 454 g/mol. The zero-order chi connectivity index (χ0) is 20.4. The molecule has 1 fully saturated rings. The van der Waals surface area contributed by atoms with E-state index in [0.717, 1.165) is 14.9 Å². The number of carbonyl (C=O) groups excluding carboxylic acids is 2. The van der Waals surface area contributed by atoms with Crippen LogP contribution in [0.5, 0.6) is 0 Å². The summed E-state index contributed by atoms with van der Waals surface area (Å²) >= 11 is 4.91. The van der Waals surface area contributed by atoms with Gasteiger partial charge < -0.3 is 14.8 Å². The molecule has 1 aliphatic heterocycles. The number of aromatic amines is 1. The molecule has 2 aromatic heterocycles. The molecular formula is C21H18BrN3O3S. The average molecular weight is 472 g/mol. The Kier molecular flexibility index (Phi) is 5.64. The van der Waals surface area contributed by atoms with Crippen LogP contribution in [0.2, 0.25) is 0 Å². The van der Waals surface area contributed by atoms with Gasteiger partial charge in [0, 0.05) is 47.8 Å². The Hall–Kier alpha value is -2.71. The number of benzene rings is 1. The van der Waals surface area contributed by atoms with Gasteiger partial charge in [-0.15, -0.1) is 11.3 Å². The van der Waals surface area contributed by atoms with Gasteiger partial charge >= 0.3 is 0 Å². The SMILES string of the molecule is O=C(c1ccc(=O)[nH]c1)N1CCN(C(=O)c2ccc(-c3ccc(Br)cc3)s2)CC1. The molecule has 3 heterocycles. The predicted molar refractivity (Wildman–Crippen MR) is 116 cm³/mol.